The maximum atomic E-state index is 11.1. The predicted molar refractivity (Wildman–Crippen MR) is 154 cm³/mol. The Balaban J connectivity index is 0.000000258. The van der Waals surface area contributed by atoms with Gasteiger partial charge in [-0.15, -0.1) is 35.9 Å². The van der Waals surface area contributed by atoms with Crippen LogP contribution in [0.15, 0.2) is 85.1 Å². The van der Waals surface area contributed by atoms with E-state index in [9.17, 15) is 5.11 Å². The molecule has 0 spiro atoms. The van der Waals surface area contributed by atoms with Crippen molar-refractivity contribution >= 4 is 11.0 Å². The van der Waals surface area contributed by atoms with E-state index >= 15 is 0 Å². The molecule has 0 aliphatic rings. The molecule has 2 aromatic heterocycles. The van der Waals surface area contributed by atoms with Crippen LogP contribution < -0.4 is 0 Å². The summed E-state index contributed by atoms with van der Waals surface area (Å²) < 4.78 is 2.06. The largest absolute Gasteiger partial charge is 0.507 e. The van der Waals surface area contributed by atoms with E-state index in [0.717, 1.165) is 39.2 Å². The summed E-state index contributed by atoms with van der Waals surface area (Å²) in [5.74, 6) is 1.13. The minimum atomic E-state index is -0.148. The maximum absolute atomic E-state index is 11.1. The van der Waals surface area contributed by atoms with Crippen molar-refractivity contribution in [3.05, 3.63) is 102 Å². The number of aromatic hydroxyl groups is 1. The van der Waals surface area contributed by atoms with E-state index in [0.29, 0.717) is 5.75 Å². The number of hydrogen-bond acceptors (Lipinski definition) is 3. The van der Waals surface area contributed by atoms with Crippen molar-refractivity contribution in [3.8, 4) is 28.4 Å². The normalized spacial score (nSPS) is 11.4. The molecule has 1 radical (unpaired) electrons. The molecule has 1 N–H and O–H groups in total. The van der Waals surface area contributed by atoms with E-state index in [1.54, 1.807) is 6.20 Å². The van der Waals surface area contributed by atoms with Crippen LogP contribution in [0.25, 0.3) is 33.7 Å². The SMILES string of the molecule is Cn1c(-c2cc(C(C)(C)C)cc(C(C)(C)C)c2O)nc2ccccc21.[Ir].[c-]1ccccc1-c1ccccn1. The number of pyridine rings is 1. The number of benzene rings is 3. The van der Waals surface area contributed by atoms with Crippen molar-refractivity contribution < 1.29 is 25.2 Å². The zero-order chi connectivity index (χ0) is 26.8. The number of aryl methyl sites for hydroxylation is 1. The Labute approximate surface area is 240 Å². The summed E-state index contributed by atoms with van der Waals surface area (Å²) in [6.07, 6.45) is 1.79. The van der Waals surface area contributed by atoms with Crippen molar-refractivity contribution in [3.63, 3.8) is 0 Å². The van der Waals surface area contributed by atoms with E-state index in [1.165, 1.54) is 5.56 Å². The first kappa shape index (κ1) is 29.3. The summed E-state index contributed by atoms with van der Waals surface area (Å²) >= 11 is 0. The van der Waals surface area contributed by atoms with Crippen LogP contribution in [0.1, 0.15) is 52.7 Å². The molecule has 4 nitrogen and oxygen atoms in total. The molecule has 0 saturated carbocycles. The van der Waals surface area contributed by atoms with Crippen molar-refractivity contribution in [1.29, 1.82) is 0 Å². The van der Waals surface area contributed by atoms with E-state index in [2.05, 4.69) is 75.4 Å². The summed E-state index contributed by atoms with van der Waals surface area (Å²) in [5.41, 5.74) is 6.83. The molecule has 0 bridgehead atoms. The third-order valence-electron chi connectivity index (χ3n) is 6.46. The molecule has 5 aromatic rings. The Morgan fingerprint density at radius 1 is 0.816 bits per heavy atom. The fourth-order valence-corrected chi connectivity index (χ4v) is 4.27. The summed E-state index contributed by atoms with van der Waals surface area (Å²) in [6, 6.07) is 29.1. The van der Waals surface area contributed by atoms with Crippen LogP contribution >= 0.6 is 0 Å². The molecule has 2 heterocycles. The first-order chi connectivity index (χ1) is 17.5. The van der Waals surface area contributed by atoms with Crippen molar-refractivity contribution in [1.82, 2.24) is 14.5 Å². The Bertz CT molecular complexity index is 1460. The van der Waals surface area contributed by atoms with Crippen LogP contribution in [-0.4, -0.2) is 19.6 Å². The van der Waals surface area contributed by atoms with Crippen molar-refractivity contribution in [2.24, 2.45) is 7.05 Å². The smallest absolute Gasteiger partial charge is 0.144 e. The molecular formula is C33H36IrN3O-. The Kier molecular flexibility index (Phi) is 8.97. The topological polar surface area (TPSA) is 50.9 Å². The molecule has 5 rings (SSSR count). The number of nitrogens with zero attached hydrogens (tertiary/aromatic N) is 3. The molecule has 0 atom stereocenters. The molecule has 3 aromatic carbocycles. The van der Waals surface area contributed by atoms with Gasteiger partial charge in [0.05, 0.1) is 16.6 Å². The molecule has 0 amide bonds. The second-order valence-electron chi connectivity index (χ2n) is 11.4. The van der Waals surface area contributed by atoms with Crippen LogP contribution in [0.5, 0.6) is 5.75 Å². The van der Waals surface area contributed by atoms with Gasteiger partial charge in [0.2, 0.25) is 0 Å². The number of phenols is 1. The third-order valence-corrected chi connectivity index (χ3v) is 6.46. The average molecular weight is 683 g/mol. The van der Waals surface area contributed by atoms with E-state index in [-0.39, 0.29) is 30.9 Å². The molecule has 0 saturated heterocycles. The zero-order valence-corrected chi connectivity index (χ0v) is 25.6. The van der Waals surface area contributed by atoms with Gasteiger partial charge in [0.25, 0.3) is 0 Å². The number of phenolic OH excluding ortho intramolecular Hbond substituents is 1. The number of aromatic nitrogens is 3. The van der Waals surface area contributed by atoms with Gasteiger partial charge < -0.3 is 14.7 Å². The molecule has 38 heavy (non-hydrogen) atoms. The molecule has 0 unspecified atom stereocenters. The van der Waals surface area contributed by atoms with Gasteiger partial charge >= 0.3 is 0 Å². The Morgan fingerprint density at radius 3 is 2.08 bits per heavy atom. The van der Waals surface area contributed by atoms with Gasteiger partial charge in [-0.05, 0) is 46.4 Å². The zero-order valence-electron chi connectivity index (χ0n) is 23.2. The van der Waals surface area contributed by atoms with Crippen LogP contribution in [-0.2, 0) is 38.0 Å². The van der Waals surface area contributed by atoms with Gasteiger partial charge in [-0.1, -0.05) is 71.9 Å². The molecule has 199 valence electrons. The van der Waals surface area contributed by atoms with Gasteiger partial charge in [0.1, 0.15) is 11.6 Å². The van der Waals surface area contributed by atoms with Gasteiger partial charge in [0, 0.05) is 38.9 Å². The quantitative estimate of drug-likeness (QED) is 0.192. The van der Waals surface area contributed by atoms with Crippen LogP contribution in [0.2, 0.25) is 0 Å². The van der Waals surface area contributed by atoms with Gasteiger partial charge in [-0.2, -0.15) is 0 Å². The van der Waals surface area contributed by atoms with Gasteiger partial charge in [0.15, 0.2) is 0 Å². The van der Waals surface area contributed by atoms with E-state index in [4.69, 9.17) is 4.98 Å². The number of imidazole rings is 1. The standard InChI is InChI=1S/C22H28N2O.C11H8N.Ir/c1-21(2,3)14-12-15(19(25)16(13-14)22(4,5)6)20-23-17-10-8-9-11-18(17)24(20)7;1-2-6-10(7-3-1)11-8-4-5-9-12-11;/h8-13,25H,1-7H3;1-6,8-9H;/q;-1;. The first-order valence-electron chi connectivity index (χ1n) is 12.6. The summed E-state index contributed by atoms with van der Waals surface area (Å²) in [5, 5.41) is 11.1. The fraction of sp³-hybridized carbons (Fsp3) is 0.273. The molecule has 5 heteroatoms. The number of fused-ring (bicyclic) bond motifs is 1. The van der Waals surface area contributed by atoms with E-state index in [1.807, 2.05) is 67.7 Å². The van der Waals surface area contributed by atoms with Crippen molar-refractivity contribution in [2.75, 3.05) is 0 Å². The van der Waals surface area contributed by atoms with Gasteiger partial charge in [-0.3, -0.25) is 0 Å². The Morgan fingerprint density at radius 2 is 1.50 bits per heavy atom. The monoisotopic (exact) mass is 683 g/mol. The molecule has 0 fully saturated rings. The van der Waals surface area contributed by atoms with Crippen molar-refractivity contribution in [2.45, 2.75) is 52.4 Å². The number of hydrogen-bond donors (Lipinski definition) is 1. The Hall–Kier alpha value is -3.27. The van der Waals surface area contributed by atoms with Gasteiger partial charge in [-0.25, -0.2) is 4.98 Å². The first-order valence-corrected chi connectivity index (χ1v) is 12.6. The minimum absolute atomic E-state index is 0. The molecular weight excluding hydrogens is 647 g/mol. The van der Waals surface area contributed by atoms with E-state index < -0.39 is 0 Å². The maximum Gasteiger partial charge on any atom is 0.144 e. The minimum Gasteiger partial charge on any atom is -0.507 e. The number of rotatable bonds is 2. The number of para-hydroxylation sites is 2. The van der Waals surface area contributed by atoms with Crippen LogP contribution in [0.3, 0.4) is 0 Å². The summed E-state index contributed by atoms with van der Waals surface area (Å²) in [7, 11) is 2.00. The molecule has 0 aliphatic heterocycles. The average Bonchev–Trinajstić information content (AvgIpc) is 3.20. The van der Waals surface area contributed by atoms with Crippen LogP contribution in [0, 0.1) is 6.07 Å². The fourth-order valence-electron chi connectivity index (χ4n) is 4.27. The summed E-state index contributed by atoms with van der Waals surface area (Å²) in [6.45, 7) is 13.0. The second kappa shape index (κ2) is 11.6. The predicted octanol–water partition coefficient (Wildman–Crippen LogP) is 8.09. The second-order valence-corrected chi connectivity index (χ2v) is 11.4. The third kappa shape index (κ3) is 6.40. The molecule has 0 aliphatic carbocycles. The van der Waals surface area contributed by atoms with Crippen LogP contribution in [0.4, 0.5) is 0 Å². The summed E-state index contributed by atoms with van der Waals surface area (Å²) in [4.78, 5) is 9.01.